The fraction of sp³-hybridized carbons (Fsp3) is 0.923. The van der Waals surface area contributed by atoms with Crippen LogP contribution in [0.15, 0.2) is 0 Å². The summed E-state index contributed by atoms with van der Waals surface area (Å²) < 4.78 is 28.6. The first-order valence-electron chi connectivity index (χ1n) is 7.38. The predicted molar refractivity (Wildman–Crippen MR) is 76.4 cm³/mol. The summed E-state index contributed by atoms with van der Waals surface area (Å²) in [6.45, 7) is 3.86. The summed E-state index contributed by atoms with van der Waals surface area (Å²) in [5.74, 6) is 0.289. The zero-order chi connectivity index (χ0) is 14.6. The molecule has 0 radical (unpaired) electrons. The maximum atomic E-state index is 12.3. The van der Waals surface area contributed by atoms with E-state index in [0.29, 0.717) is 19.5 Å². The molecule has 2 aliphatic heterocycles. The average Bonchev–Trinajstić information content (AvgIpc) is 3.02. The third-order valence-electron chi connectivity index (χ3n) is 3.88. The second kappa shape index (κ2) is 6.76. The molecular formula is C13H24N2O4S. The fourth-order valence-corrected chi connectivity index (χ4v) is 4.55. The summed E-state index contributed by atoms with van der Waals surface area (Å²) in [6.07, 6.45) is 3.50. The zero-order valence-electron chi connectivity index (χ0n) is 12.0. The van der Waals surface area contributed by atoms with Crippen LogP contribution >= 0.6 is 0 Å². The molecule has 2 aliphatic rings. The first kappa shape index (κ1) is 15.6. The molecule has 2 atom stereocenters. The van der Waals surface area contributed by atoms with E-state index in [9.17, 15) is 13.2 Å². The van der Waals surface area contributed by atoms with Gasteiger partial charge in [0, 0.05) is 25.7 Å². The number of nitrogens with zero attached hydrogens (tertiary/aromatic N) is 1. The molecule has 2 fully saturated rings. The normalized spacial score (nSPS) is 28.4. The molecule has 1 N–H and O–H groups in total. The molecule has 0 bridgehead atoms. The monoisotopic (exact) mass is 304 g/mol. The number of hydrogen-bond acceptors (Lipinski definition) is 4. The minimum atomic E-state index is -2.97. The highest BCUT2D eigenvalue weighted by Gasteiger charge is 2.34. The van der Waals surface area contributed by atoms with Gasteiger partial charge in [-0.25, -0.2) is 13.2 Å². The number of carbonyl (C=O) groups is 1. The third kappa shape index (κ3) is 4.09. The molecule has 20 heavy (non-hydrogen) atoms. The van der Waals surface area contributed by atoms with Crippen molar-refractivity contribution >= 4 is 15.9 Å². The van der Waals surface area contributed by atoms with Gasteiger partial charge in [0.25, 0.3) is 0 Å². The van der Waals surface area contributed by atoms with Crippen molar-refractivity contribution in [2.75, 3.05) is 31.2 Å². The van der Waals surface area contributed by atoms with Gasteiger partial charge in [-0.2, -0.15) is 0 Å². The lowest BCUT2D eigenvalue weighted by Gasteiger charge is -2.28. The lowest BCUT2D eigenvalue weighted by Crippen LogP contribution is -2.48. The molecule has 0 aromatic carbocycles. The number of rotatable bonds is 5. The van der Waals surface area contributed by atoms with Gasteiger partial charge in [0.1, 0.15) is 0 Å². The van der Waals surface area contributed by atoms with E-state index in [0.717, 1.165) is 25.9 Å². The Morgan fingerprint density at radius 1 is 1.40 bits per heavy atom. The summed E-state index contributed by atoms with van der Waals surface area (Å²) in [5, 5.41) is 2.88. The van der Waals surface area contributed by atoms with Crippen LogP contribution in [0.4, 0.5) is 4.79 Å². The van der Waals surface area contributed by atoms with Crippen molar-refractivity contribution in [1.82, 2.24) is 10.2 Å². The number of ether oxygens (including phenoxy) is 1. The topological polar surface area (TPSA) is 75.7 Å². The molecule has 0 unspecified atom stereocenters. The van der Waals surface area contributed by atoms with Crippen molar-refractivity contribution in [2.24, 2.45) is 0 Å². The van der Waals surface area contributed by atoms with Gasteiger partial charge in [-0.3, -0.25) is 0 Å². The van der Waals surface area contributed by atoms with Gasteiger partial charge in [0.2, 0.25) is 0 Å². The van der Waals surface area contributed by atoms with Crippen LogP contribution < -0.4 is 5.32 Å². The Morgan fingerprint density at radius 3 is 2.75 bits per heavy atom. The van der Waals surface area contributed by atoms with E-state index in [1.807, 2.05) is 6.92 Å². The number of nitrogens with one attached hydrogen (secondary N) is 1. The van der Waals surface area contributed by atoms with Crippen LogP contribution in [-0.2, 0) is 14.6 Å². The highest BCUT2D eigenvalue weighted by atomic mass is 32.2. The Balaban J connectivity index is 1.88. The predicted octanol–water partition coefficient (Wildman–Crippen LogP) is 0.774. The summed E-state index contributed by atoms with van der Waals surface area (Å²) in [7, 11) is -2.97. The number of amides is 2. The first-order chi connectivity index (χ1) is 9.52. The first-order valence-corrected chi connectivity index (χ1v) is 9.20. The van der Waals surface area contributed by atoms with Gasteiger partial charge in [-0.15, -0.1) is 0 Å². The van der Waals surface area contributed by atoms with Gasteiger partial charge in [0.15, 0.2) is 9.84 Å². The highest BCUT2D eigenvalue weighted by Crippen LogP contribution is 2.18. The van der Waals surface area contributed by atoms with Crippen LogP contribution in [0.25, 0.3) is 0 Å². The van der Waals surface area contributed by atoms with Crippen LogP contribution in [0, 0.1) is 0 Å². The lowest BCUT2D eigenvalue weighted by atomic mass is 10.2. The molecule has 0 saturated carbocycles. The molecule has 2 amide bonds. The Bertz CT molecular complexity index is 432. The van der Waals surface area contributed by atoms with E-state index in [1.165, 1.54) is 0 Å². The van der Waals surface area contributed by atoms with Crippen LogP contribution in [0.5, 0.6) is 0 Å². The van der Waals surface area contributed by atoms with E-state index < -0.39 is 9.84 Å². The summed E-state index contributed by atoms with van der Waals surface area (Å²) >= 11 is 0. The SMILES string of the molecule is CCCN(C(=O)NC[C@H]1CCCO1)[C@H]1CCS(=O)(=O)C1. The van der Waals surface area contributed by atoms with Crippen molar-refractivity contribution in [3.05, 3.63) is 0 Å². The number of sulfone groups is 1. The molecule has 2 saturated heterocycles. The van der Waals surface area contributed by atoms with Crippen molar-refractivity contribution in [1.29, 1.82) is 0 Å². The molecule has 0 aromatic rings. The van der Waals surface area contributed by atoms with E-state index >= 15 is 0 Å². The minimum absolute atomic E-state index is 0.0976. The van der Waals surface area contributed by atoms with E-state index in [1.54, 1.807) is 4.90 Å². The van der Waals surface area contributed by atoms with Crippen LogP contribution in [0.2, 0.25) is 0 Å². The van der Waals surface area contributed by atoms with Crippen molar-refractivity contribution < 1.29 is 17.9 Å². The van der Waals surface area contributed by atoms with Gasteiger partial charge >= 0.3 is 6.03 Å². The molecule has 6 nitrogen and oxygen atoms in total. The Morgan fingerprint density at radius 2 is 2.20 bits per heavy atom. The summed E-state index contributed by atoms with van der Waals surface area (Å²) in [4.78, 5) is 13.9. The van der Waals surface area contributed by atoms with Gasteiger partial charge in [-0.05, 0) is 25.7 Å². The minimum Gasteiger partial charge on any atom is -0.376 e. The van der Waals surface area contributed by atoms with Crippen molar-refractivity contribution in [3.63, 3.8) is 0 Å². The smallest absolute Gasteiger partial charge is 0.317 e. The van der Waals surface area contributed by atoms with Crippen LogP contribution in [0.3, 0.4) is 0 Å². The molecular weight excluding hydrogens is 280 g/mol. The Labute approximate surface area is 120 Å². The van der Waals surface area contributed by atoms with Gasteiger partial charge < -0.3 is 15.0 Å². The standard InChI is InChI=1S/C13H24N2O4S/c1-2-6-15(11-5-8-20(17,18)10-11)13(16)14-9-12-4-3-7-19-12/h11-12H,2-10H2,1H3,(H,14,16)/t11-,12+/m0/s1. The van der Waals surface area contributed by atoms with E-state index in [-0.39, 0.29) is 29.7 Å². The maximum Gasteiger partial charge on any atom is 0.317 e. The molecule has 0 spiro atoms. The molecule has 0 aromatic heterocycles. The zero-order valence-corrected chi connectivity index (χ0v) is 12.8. The molecule has 7 heteroatoms. The van der Waals surface area contributed by atoms with E-state index in [4.69, 9.17) is 4.74 Å². The fourth-order valence-electron chi connectivity index (χ4n) is 2.82. The van der Waals surface area contributed by atoms with E-state index in [2.05, 4.69) is 5.32 Å². The Hall–Kier alpha value is -0.820. The van der Waals surface area contributed by atoms with Gasteiger partial charge in [-0.1, -0.05) is 6.92 Å². The molecule has 2 rings (SSSR count). The average molecular weight is 304 g/mol. The van der Waals surface area contributed by atoms with Crippen molar-refractivity contribution in [2.45, 2.75) is 44.8 Å². The largest absolute Gasteiger partial charge is 0.376 e. The molecule has 0 aliphatic carbocycles. The maximum absolute atomic E-state index is 12.3. The van der Waals surface area contributed by atoms with Crippen LogP contribution in [0.1, 0.15) is 32.6 Å². The lowest BCUT2D eigenvalue weighted by molar-refractivity contribution is 0.107. The Kier molecular flexibility index (Phi) is 5.26. The molecule has 116 valence electrons. The second-order valence-electron chi connectivity index (χ2n) is 5.57. The number of urea groups is 1. The van der Waals surface area contributed by atoms with Gasteiger partial charge in [0.05, 0.1) is 17.6 Å². The number of hydrogen-bond donors (Lipinski definition) is 1. The third-order valence-corrected chi connectivity index (χ3v) is 5.63. The summed E-state index contributed by atoms with van der Waals surface area (Å²) in [6, 6.07) is -0.339. The number of carbonyl (C=O) groups excluding carboxylic acids is 1. The second-order valence-corrected chi connectivity index (χ2v) is 7.80. The molecule has 2 heterocycles. The van der Waals surface area contributed by atoms with Crippen molar-refractivity contribution in [3.8, 4) is 0 Å². The highest BCUT2D eigenvalue weighted by molar-refractivity contribution is 7.91. The van der Waals surface area contributed by atoms with Crippen LogP contribution in [-0.4, -0.2) is 62.7 Å². The quantitative estimate of drug-likeness (QED) is 0.814. The summed E-state index contributed by atoms with van der Waals surface area (Å²) in [5.41, 5.74) is 0.